The summed E-state index contributed by atoms with van der Waals surface area (Å²) in [4.78, 5) is 22.6. The number of hydrogen-bond donors (Lipinski definition) is 0. The molecule has 5 rings (SSSR count). The minimum atomic E-state index is -4.62. The Labute approximate surface area is 296 Å². The zero-order valence-electron chi connectivity index (χ0n) is 30.5. The fourth-order valence-corrected chi connectivity index (χ4v) is 6.59. The first-order valence-corrected chi connectivity index (χ1v) is 19.7. The largest absolute Gasteiger partial charge is 0.468 e. The number of hydrogen-bond acceptors (Lipinski definition) is 9. The van der Waals surface area contributed by atoms with Gasteiger partial charge in [-0.3, -0.25) is 9.38 Å². The van der Waals surface area contributed by atoms with E-state index >= 15 is 0 Å². The summed E-state index contributed by atoms with van der Waals surface area (Å²) in [6.07, 6.45) is -1.16. The van der Waals surface area contributed by atoms with E-state index in [1.165, 1.54) is 16.8 Å². The number of aromatic nitrogens is 6. The lowest BCUT2D eigenvalue weighted by Crippen LogP contribution is -2.42. The second-order valence-electron chi connectivity index (χ2n) is 15.4. The lowest BCUT2D eigenvalue weighted by atomic mass is 10.0. The Bertz CT molecular complexity index is 1930. The molecular formula is C35H45F3N8O4Si. The van der Waals surface area contributed by atoms with E-state index in [9.17, 15) is 23.2 Å². The SMILES string of the molecule is Cc1c(-c2cc(OC(CO[Si](C)(C)C(C)(C)C)c3cncc(C(F)(F)F)c3)n3c(C#N)cnc3c2)nnn1C1CCN(C(=O)OC(C)(C)C)CC1. The van der Waals surface area contributed by atoms with Crippen LogP contribution in [0.25, 0.3) is 16.9 Å². The number of alkyl halides is 3. The van der Waals surface area contributed by atoms with Gasteiger partial charge in [-0.2, -0.15) is 18.4 Å². The molecule has 0 N–H and O–H groups in total. The number of fused-ring (bicyclic) bond motifs is 1. The number of amides is 1. The van der Waals surface area contributed by atoms with Crippen LogP contribution in [0.5, 0.6) is 5.88 Å². The Balaban J connectivity index is 1.50. The van der Waals surface area contributed by atoms with Crippen molar-refractivity contribution in [1.29, 1.82) is 5.26 Å². The highest BCUT2D eigenvalue weighted by Gasteiger charge is 2.39. The molecule has 1 atom stereocenters. The maximum atomic E-state index is 13.8. The first-order valence-electron chi connectivity index (χ1n) is 16.8. The van der Waals surface area contributed by atoms with Crippen molar-refractivity contribution in [2.45, 2.75) is 103 Å². The average Bonchev–Trinajstić information content (AvgIpc) is 3.64. The summed E-state index contributed by atoms with van der Waals surface area (Å²) in [6.45, 7) is 18.7. The molecule has 1 amide bonds. The number of rotatable bonds is 8. The third kappa shape index (κ3) is 8.36. The van der Waals surface area contributed by atoms with Gasteiger partial charge in [-0.15, -0.1) is 5.10 Å². The van der Waals surface area contributed by atoms with Crippen LogP contribution in [0.3, 0.4) is 0 Å². The Hall–Kier alpha value is -4.49. The summed E-state index contributed by atoms with van der Waals surface area (Å²) in [6, 6.07) is 6.56. The standard InChI is InChI=1S/C35H45F3N8O4Si/c1-22-31(42-43-46(22)26-10-12-44(13-11-26)32(47)50-33(2,3)4)23-15-29-41-20-27(17-39)45(29)30(16-23)49-28(21-48-51(8,9)34(5,6)7)24-14-25(19-40-18-24)35(36,37)38/h14-16,18-20,26,28H,10-13,21H2,1-9H3. The van der Waals surface area contributed by atoms with E-state index in [0.717, 1.165) is 18.0 Å². The summed E-state index contributed by atoms with van der Waals surface area (Å²) >= 11 is 0. The first kappa shape index (κ1) is 37.8. The molecule has 1 saturated heterocycles. The molecule has 0 aromatic carbocycles. The van der Waals surface area contributed by atoms with Gasteiger partial charge < -0.3 is 18.8 Å². The van der Waals surface area contributed by atoms with Gasteiger partial charge in [0.1, 0.15) is 34.8 Å². The second-order valence-corrected chi connectivity index (χ2v) is 20.2. The maximum Gasteiger partial charge on any atom is 0.417 e. The van der Waals surface area contributed by atoms with Gasteiger partial charge in [0.05, 0.1) is 30.1 Å². The number of nitrogens with zero attached hydrogens (tertiary/aromatic N) is 8. The van der Waals surface area contributed by atoms with Crippen molar-refractivity contribution in [2.24, 2.45) is 0 Å². The molecule has 0 spiro atoms. The minimum absolute atomic E-state index is 0.00807. The molecule has 51 heavy (non-hydrogen) atoms. The molecule has 1 aliphatic heterocycles. The zero-order valence-corrected chi connectivity index (χ0v) is 31.5. The molecule has 1 aliphatic rings. The van der Waals surface area contributed by atoms with E-state index in [2.05, 4.69) is 47.1 Å². The Morgan fingerprint density at radius 3 is 2.35 bits per heavy atom. The van der Waals surface area contributed by atoms with Crippen LogP contribution in [-0.2, 0) is 15.3 Å². The van der Waals surface area contributed by atoms with Crippen molar-refractivity contribution in [3.63, 3.8) is 0 Å². The second kappa shape index (κ2) is 13.9. The molecule has 0 radical (unpaired) electrons. The number of carbonyl (C=O) groups is 1. The molecule has 4 aromatic rings. The molecule has 0 bridgehead atoms. The van der Waals surface area contributed by atoms with Gasteiger partial charge in [0, 0.05) is 42.7 Å². The summed E-state index contributed by atoms with van der Waals surface area (Å²) in [5.41, 5.74) is 1.14. The van der Waals surface area contributed by atoms with Crippen LogP contribution in [-0.4, -0.2) is 74.0 Å². The Morgan fingerprint density at radius 2 is 1.75 bits per heavy atom. The topological polar surface area (TPSA) is 133 Å². The van der Waals surface area contributed by atoms with Gasteiger partial charge >= 0.3 is 12.3 Å². The third-order valence-electron chi connectivity index (χ3n) is 9.47. The summed E-state index contributed by atoms with van der Waals surface area (Å²) in [5, 5.41) is 18.7. The van der Waals surface area contributed by atoms with Crippen molar-refractivity contribution < 1.29 is 31.9 Å². The maximum absolute atomic E-state index is 13.8. The van der Waals surface area contributed by atoms with Gasteiger partial charge in [-0.25, -0.2) is 14.5 Å². The van der Waals surface area contributed by atoms with Crippen LogP contribution in [0, 0.1) is 18.3 Å². The Morgan fingerprint density at radius 1 is 1.06 bits per heavy atom. The van der Waals surface area contributed by atoms with Gasteiger partial charge in [-0.1, -0.05) is 26.0 Å². The molecule has 5 heterocycles. The molecule has 1 fully saturated rings. The number of piperidine rings is 1. The Kier molecular flexibility index (Phi) is 10.3. The minimum Gasteiger partial charge on any atom is -0.468 e. The van der Waals surface area contributed by atoms with Crippen LogP contribution >= 0.6 is 0 Å². The lowest BCUT2D eigenvalue weighted by Gasteiger charge is -2.37. The summed E-state index contributed by atoms with van der Waals surface area (Å²) < 4.78 is 63.3. The molecule has 16 heteroatoms. The molecule has 274 valence electrons. The highest BCUT2D eigenvalue weighted by atomic mass is 28.4. The predicted molar refractivity (Wildman–Crippen MR) is 185 cm³/mol. The van der Waals surface area contributed by atoms with Crippen molar-refractivity contribution >= 4 is 20.1 Å². The quantitative estimate of drug-likeness (QED) is 0.166. The summed E-state index contributed by atoms with van der Waals surface area (Å²) in [5.74, 6) is 0.164. The molecule has 1 unspecified atom stereocenters. The molecule has 4 aromatic heterocycles. The van der Waals surface area contributed by atoms with Crippen LogP contribution < -0.4 is 4.74 Å². The van der Waals surface area contributed by atoms with Gasteiger partial charge in [0.15, 0.2) is 8.32 Å². The predicted octanol–water partition coefficient (Wildman–Crippen LogP) is 7.90. The fraction of sp³-hybridized carbons (Fsp3) is 0.543. The van der Waals surface area contributed by atoms with Crippen LogP contribution in [0.15, 0.2) is 36.8 Å². The monoisotopic (exact) mass is 726 g/mol. The number of nitriles is 1. The fourth-order valence-electron chi connectivity index (χ4n) is 5.59. The summed E-state index contributed by atoms with van der Waals surface area (Å²) in [7, 11) is -2.38. The third-order valence-corrected chi connectivity index (χ3v) is 14.0. The van der Waals surface area contributed by atoms with E-state index in [1.54, 1.807) is 17.0 Å². The van der Waals surface area contributed by atoms with Crippen molar-refractivity contribution in [3.8, 4) is 23.2 Å². The number of pyridine rings is 2. The molecule has 0 aliphatic carbocycles. The van der Waals surface area contributed by atoms with Crippen LogP contribution in [0.4, 0.5) is 18.0 Å². The first-order chi connectivity index (χ1) is 23.7. The number of carbonyl (C=O) groups excluding carboxylic acids is 1. The van der Waals surface area contributed by atoms with Gasteiger partial charge in [0.25, 0.3) is 0 Å². The number of likely N-dealkylation sites (tertiary alicyclic amines) is 1. The van der Waals surface area contributed by atoms with Crippen LogP contribution in [0.2, 0.25) is 18.1 Å². The molecular weight excluding hydrogens is 682 g/mol. The van der Waals surface area contributed by atoms with E-state index in [-0.39, 0.29) is 40.9 Å². The van der Waals surface area contributed by atoms with E-state index < -0.39 is 31.8 Å². The highest BCUT2D eigenvalue weighted by molar-refractivity contribution is 6.74. The normalized spacial score (nSPS) is 15.5. The van der Waals surface area contributed by atoms with E-state index in [0.29, 0.717) is 42.8 Å². The zero-order chi connectivity index (χ0) is 37.5. The van der Waals surface area contributed by atoms with Crippen molar-refractivity contribution in [2.75, 3.05) is 19.7 Å². The van der Waals surface area contributed by atoms with E-state index in [1.807, 2.05) is 45.5 Å². The highest BCUT2D eigenvalue weighted by Crippen LogP contribution is 2.39. The lowest BCUT2D eigenvalue weighted by molar-refractivity contribution is -0.138. The molecule has 0 saturated carbocycles. The number of halogens is 3. The number of ether oxygens (including phenoxy) is 2. The van der Waals surface area contributed by atoms with Crippen LogP contribution in [0.1, 0.15) is 89.0 Å². The average molecular weight is 727 g/mol. The van der Waals surface area contributed by atoms with Gasteiger partial charge in [0.2, 0.25) is 5.88 Å². The number of imidazole rings is 1. The molecule has 12 nitrogen and oxygen atoms in total. The smallest absolute Gasteiger partial charge is 0.417 e. The van der Waals surface area contributed by atoms with Crippen molar-refractivity contribution in [3.05, 3.63) is 59.3 Å². The van der Waals surface area contributed by atoms with Gasteiger partial charge in [-0.05, 0) is 70.8 Å². The van der Waals surface area contributed by atoms with E-state index in [4.69, 9.17) is 13.9 Å². The van der Waals surface area contributed by atoms with Crippen molar-refractivity contribution in [1.82, 2.24) is 34.3 Å².